The van der Waals surface area contributed by atoms with E-state index in [9.17, 15) is 19.0 Å². The third-order valence-electron chi connectivity index (χ3n) is 12.4. The van der Waals surface area contributed by atoms with Gasteiger partial charge in [0.05, 0.1) is 33.8 Å². The Hall–Kier alpha value is -1.51. The highest BCUT2D eigenvalue weighted by Crippen LogP contribution is 2.43. The molecule has 0 aromatic carbocycles. The summed E-state index contributed by atoms with van der Waals surface area (Å²) in [5.74, 6) is -0.506. The molecule has 0 saturated heterocycles. The van der Waals surface area contributed by atoms with E-state index in [0.717, 1.165) is 83.5 Å². The average Bonchev–Trinajstić information content (AvgIpc) is 3.26. The number of allylic oxidation sites excluding steroid dienone is 3. The summed E-state index contributed by atoms with van der Waals surface area (Å²) in [5.41, 5.74) is 0. The van der Waals surface area contributed by atoms with Gasteiger partial charge >= 0.3 is 13.8 Å². The average molecular weight is 940 g/mol. The number of hydrogen-bond acceptors (Lipinski definition) is 6. The van der Waals surface area contributed by atoms with E-state index >= 15 is 0 Å². The fourth-order valence-corrected chi connectivity index (χ4v) is 8.77. The largest absolute Gasteiger partial charge is 0.472 e. The summed E-state index contributed by atoms with van der Waals surface area (Å²) in [4.78, 5) is 37.5. The van der Waals surface area contributed by atoms with Crippen molar-refractivity contribution in [1.82, 2.24) is 5.32 Å². The summed E-state index contributed by atoms with van der Waals surface area (Å²) in [7, 11) is 1.50. The van der Waals surface area contributed by atoms with Crippen molar-refractivity contribution in [1.29, 1.82) is 0 Å². The molecule has 0 aliphatic carbocycles. The van der Waals surface area contributed by atoms with Crippen LogP contribution in [0.4, 0.5) is 0 Å². The molecule has 0 aliphatic rings. The fourth-order valence-electron chi connectivity index (χ4n) is 8.04. The number of quaternary nitrogens is 1. The Labute approximate surface area is 403 Å². The van der Waals surface area contributed by atoms with E-state index in [0.29, 0.717) is 17.4 Å². The first kappa shape index (κ1) is 63.5. The summed E-state index contributed by atoms with van der Waals surface area (Å²) >= 11 is 0. The first-order valence-corrected chi connectivity index (χ1v) is 29.2. The molecule has 1 amide bonds. The standard InChI is InChI=1S/C55H107N2O7P/c1-7-10-13-16-19-22-25-27-28-30-33-35-38-41-44-47-54(58)56-52(51-63-65(60,61)62-50-49-57(4,5)6)53(46-43-40-37-34-32-29-26-23-20-17-14-11-8-2)64-55(59)48-45-42-39-36-31-24-21-18-15-12-9-3/h18,21,43,46,52-53H,7-17,19-20,22-42,44-45,47-51H2,1-6H3,(H-,56,58,60,61)/p+1/b21-18-,46-43+. The number of phosphoric ester groups is 1. The second-order valence-electron chi connectivity index (χ2n) is 20.1. The van der Waals surface area contributed by atoms with Crippen molar-refractivity contribution in [2.75, 3.05) is 40.9 Å². The van der Waals surface area contributed by atoms with Crippen molar-refractivity contribution in [2.45, 2.75) is 277 Å². The van der Waals surface area contributed by atoms with Crippen LogP contribution in [-0.2, 0) is 27.9 Å². The zero-order valence-corrected chi connectivity index (χ0v) is 44.6. The molecule has 0 heterocycles. The van der Waals surface area contributed by atoms with Gasteiger partial charge < -0.3 is 19.4 Å². The second-order valence-corrected chi connectivity index (χ2v) is 21.6. The first-order valence-electron chi connectivity index (χ1n) is 27.7. The number of carbonyl (C=O) groups excluding carboxylic acids is 2. The molecule has 0 aliphatic heterocycles. The Bertz CT molecular complexity index is 1170. The number of nitrogens with one attached hydrogen (secondary N) is 1. The second kappa shape index (κ2) is 46.2. The third-order valence-corrected chi connectivity index (χ3v) is 13.4. The van der Waals surface area contributed by atoms with E-state index < -0.39 is 20.0 Å². The lowest BCUT2D eigenvalue weighted by Crippen LogP contribution is -2.47. The Morgan fingerprint density at radius 3 is 1.35 bits per heavy atom. The van der Waals surface area contributed by atoms with E-state index in [-0.39, 0.29) is 31.5 Å². The van der Waals surface area contributed by atoms with Gasteiger partial charge in [0.25, 0.3) is 0 Å². The number of likely N-dealkylation sites (N-methyl/N-ethyl adjacent to an activating group) is 1. The predicted molar refractivity (Wildman–Crippen MR) is 277 cm³/mol. The van der Waals surface area contributed by atoms with Gasteiger partial charge in [-0.25, -0.2) is 4.57 Å². The van der Waals surface area contributed by atoms with Gasteiger partial charge in [-0.15, -0.1) is 0 Å². The quantitative estimate of drug-likeness (QED) is 0.0205. The highest BCUT2D eigenvalue weighted by atomic mass is 31.2. The fraction of sp³-hybridized carbons (Fsp3) is 0.891. The molecule has 9 nitrogen and oxygen atoms in total. The number of esters is 1. The Balaban J connectivity index is 5.37. The molecule has 384 valence electrons. The maximum atomic E-state index is 13.5. The minimum atomic E-state index is -4.43. The van der Waals surface area contributed by atoms with Gasteiger partial charge in [-0.3, -0.25) is 18.6 Å². The van der Waals surface area contributed by atoms with Gasteiger partial charge in [0, 0.05) is 12.8 Å². The van der Waals surface area contributed by atoms with Crippen LogP contribution in [0.5, 0.6) is 0 Å². The lowest BCUT2D eigenvalue weighted by molar-refractivity contribution is -0.870. The first-order chi connectivity index (χ1) is 31.4. The highest BCUT2D eigenvalue weighted by Gasteiger charge is 2.30. The molecule has 3 unspecified atom stereocenters. The molecule has 0 saturated carbocycles. The van der Waals surface area contributed by atoms with Crippen molar-refractivity contribution < 1.29 is 37.3 Å². The number of ether oxygens (including phenoxy) is 1. The molecular weight excluding hydrogens is 832 g/mol. The summed E-state index contributed by atoms with van der Waals surface area (Å²) in [6.45, 7) is 6.98. The minimum absolute atomic E-state index is 0.0421. The number of unbranched alkanes of at least 4 members (excludes halogenated alkanes) is 32. The van der Waals surface area contributed by atoms with Gasteiger partial charge in [0.2, 0.25) is 5.91 Å². The Morgan fingerprint density at radius 2 is 0.908 bits per heavy atom. The molecule has 0 radical (unpaired) electrons. The van der Waals surface area contributed by atoms with Gasteiger partial charge in [-0.2, -0.15) is 0 Å². The van der Waals surface area contributed by atoms with Crippen LogP contribution in [0.15, 0.2) is 24.3 Å². The highest BCUT2D eigenvalue weighted by molar-refractivity contribution is 7.47. The van der Waals surface area contributed by atoms with Crippen LogP contribution in [0.3, 0.4) is 0 Å². The van der Waals surface area contributed by atoms with Gasteiger partial charge in [0.15, 0.2) is 0 Å². The SMILES string of the molecule is CCCC/C=C\CCCCCCCC(=O)OC(/C=C/CCCCCCCCCCCCC)C(COP(=O)(O)OCC[N+](C)(C)C)NC(=O)CCCCCCCCCCCCCCCCC. The van der Waals surface area contributed by atoms with E-state index in [1.807, 2.05) is 33.3 Å². The molecule has 0 rings (SSSR count). The summed E-state index contributed by atoms with van der Waals surface area (Å²) in [5, 5.41) is 3.04. The van der Waals surface area contributed by atoms with Crippen molar-refractivity contribution in [3.05, 3.63) is 24.3 Å². The molecule has 0 spiro atoms. The number of carbonyl (C=O) groups is 2. The zero-order chi connectivity index (χ0) is 48.0. The molecule has 65 heavy (non-hydrogen) atoms. The van der Waals surface area contributed by atoms with Crippen molar-refractivity contribution >= 4 is 19.7 Å². The molecule has 0 aromatic heterocycles. The Kier molecular flexibility index (Phi) is 45.2. The lowest BCUT2D eigenvalue weighted by atomic mass is 10.0. The summed E-state index contributed by atoms with van der Waals surface area (Å²) in [6.07, 6.45) is 51.6. The molecule has 2 N–H and O–H groups in total. The van der Waals surface area contributed by atoms with E-state index in [4.69, 9.17) is 13.8 Å². The molecular formula is C55H108N2O7P+. The molecule has 0 bridgehead atoms. The lowest BCUT2D eigenvalue weighted by Gasteiger charge is -2.27. The predicted octanol–water partition coefficient (Wildman–Crippen LogP) is 16.2. The van der Waals surface area contributed by atoms with Gasteiger partial charge in [0.1, 0.15) is 19.3 Å². The molecule has 3 atom stereocenters. The minimum Gasteiger partial charge on any atom is -0.456 e. The number of nitrogens with zero attached hydrogens (tertiary/aromatic N) is 1. The number of amides is 1. The van der Waals surface area contributed by atoms with E-state index in [1.54, 1.807) is 0 Å². The van der Waals surface area contributed by atoms with Gasteiger partial charge in [-0.1, -0.05) is 225 Å². The molecule has 0 fully saturated rings. The molecule has 10 heteroatoms. The maximum absolute atomic E-state index is 13.5. The van der Waals surface area contributed by atoms with Crippen LogP contribution < -0.4 is 5.32 Å². The van der Waals surface area contributed by atoms with Crippen molar-refractivity contribution in [3.8, 4) is 0 Å². The van der Waals surface area contributed by atoms with E-state index in [2.05, 4.69) is 38.2 Å². The van der Waals surface area contributed by atoms with Crippen LogP contribution in [0.25, 0.3) is 0 Å². The number of phosphoric acid groups is 1. The van der Waals surface area contributed by atoms with Crippen LogP contribution >= 0.6 is 7.82 Å². The van der Waals surface area contributed by atoms with Crippen LogP contribution in [-0.4, -0.2) is 74.3 Å². The Morgan fingerprint density at radius 1 is 0.523 bits per heavy atom. The number of rotatable bonds is 50. The zero-order valence-electron chi connectivity index (χ0n) is 43.7. The number of hydrogen-bond donors (Lipinski definition) is 2. The summed E-state index contributed by atoms with van der Waals surface area (Å²) < 4.78 is 30.5. The summed E-state index contributed by atoms with van der Waals surface area (Å²) in [6, 6.07) is -0.843. The topological polar surface area (TPSA) is 111 Å². The van der Waals surface area contributed by atoms with Crippen LogP contribution in [0.1, 0.15) is 265 Å². The van der Waals surface area contributed by atoms with Crippen molar-refractivity contribution in [3.63, 3.8) is 0 Å². The van der Waals surface area contributed by atoms with Crippen LogP contribution in [0.2, 0.25) is 0 Å². The van der Waals surface area contributed by atoms with Gasteiger partial charge in [-0.05, 0) is 51.0 Å². The normalized spacial score (nSPS) is 14.0. The van der Waals surface area contributed by atoms with E-state index in [1.165, 1.54) is 148 Å². The molecule has 0 aromatic rings. The smallest absolute Gasteiger partial charge is 0.456 e. The third kappa shape index (κ3) is 47.4. The maximum Gasteiger partial charge on any atom is 0.472 e. The van der Waals surface area contributed by atoms with Crippen LogP contribution in [0, 0.1) is 0 Å². The monoisotopic (exact) mass is 940 g/mol. The van der Waals surface area contributed by atoms with Crippen molar-refractivity contribution in [2.24, 2.45) is 0 Å².